The fourth-order valence-electron chi connectivity index (χ4n) is 1.75. The van der Waals surface area contributed by atoms with E-state index in [1.807, 2.05) is 19.1 Å². The molecule has 118 valence electrons. The number of nitrogens with zero attached hydrogens (tertiary/aromatic N) is 1. The number of hydrogen-bond donors (Lipinski definition) is 3. The molecule has 0 aromatic carbocycles. The Bertz CT molecular complexity index is 576. The van der Waals surface area contributed by atoms with E-state index in [1.54, 1.807) is 18.4 Å². The van der Waals surface area contributed by atoms with Crippen molar-refractivity contribution < 1.29 is 13.6 Å². The molecule has 22 heavy (non-hydrogen) atoms. The molecule has 2 rings (SSSR count). The summed E-state index contributed by atoms with van der Waals surface area (Å²) in [6.45, 7) is 4.22. The number of guanidine groups is 1. The fourth-order valence-corrected chi connectivity index (χ4v) is 1.75. The highest BCUT2D eigenvalue weighted by molar-refractivity contribution is 5.91. The molecule has 0 fully saturated rings. The van der Waals surface area contributed by atoms with Gasteiger partial charge in [0.15, 0.2) is 11.7 Å². The van der Waals surface area contributed by atoms with Gasteiger partial charge in [-0.15, -0.1) is 0 Å². The lowest BCUT2D eigenvalue weighted by Crippen LogP contribution is -2.41. The van der Waals surface area contributed by atoms with Crippen LogP contribution in [0.25, 0.3) is 0 Å². The van der Waals surface area contributed by atoms with E-state index >= 15 is 0 Å². The Hall–Kier alpha value is -2.70. The summed E-state index contributed by atoms with van der Waals surface area (Å²) in [6, 6.07) is 7.00. The van der Waals surface area contributed by atoms with Gasteiger partial charge in [0, 0.05) is 19.6 Å². The summed E-state index contributed by atoms with van der Waals surface area (Å²) in [6.07, 6.45) is 3.09. The highest BCUT2D eigenvalue weighted by Crippen LogP contribution is 2.01. The lowest BCUT2D eigenvalue weighted by Gasteiger charge is -2.11. The quantitative estimate of drug-likeness (QED) is 0.408. The molecule has 0 radical (unpaired) electrons. The second kappa shape index (κ2) is 8.56. The predicted octanol–water partition coefficient (Wildman–Crippen LogP) is 1.36. The van der Waals surface area contributed by atoms with Crippen LogP contribution in [0.15, 0.2) is 50.6 Å². The standard InChI is InChI=1S/C15H20N4O3/c1-2-16-15(19-11-12-5-3-9-21-12)18-8-7-17-14(20)13-6-4-10-22-13/h3-6,9-10H,2,7-8,11H2,1H3,(H,17,20)(H2,16,18,19). The van der Waals surface area contributed by atoms with E-state index in [-0.39, 0.29) is 5.91 Å². The minimum Gasteiger partial charge on any atom is -0.467 e. The molecule has 3 N–H and O–H groups in total. The smallest absolute Gasteiger partial charge is 0.287 e. The van der Waals surface area contributed by atoms with Crippen molar-refractivity contribution in [3.63, 3.8) is 0 Å². The van der Waals surface area contributed by atoms with Gasteiger partial charge in [-0.2, -0.15) is 0 Å². The van der Waals surface area contributed by atoms with Crippen molar-refractivity contribution in [3.8, 4) is 0 Å². The predicted molar refractivity (Wildman–Crippen MR) is 82.6 cm³/mol. The van der Waals surface area contributed by atoms with Gasteiger partial charge in [0.05, 0.1) is 12.5 Å². The zero-order valence-electron chi connectivity index (χ0n) is 12.5. The number of nitrogens with one attached hydrogen (secondary N) is 3. The molecule has 7 nitrogen and oxygen atoms in total. The van der Waals surface area contributed by atoms with Crippen molar-refractivity contribution in [3.05, 3.63) is 48.3 Å². The summed E-state index contributed by atoms with van der Waals surface area (Å²) in [5.41, 5.74) is 0. The van der Waals surface area contributed by atoms with Gasteiger partial charge in [-0.3, -0.25) is 4.79 Å². The molecule has 0 bridgehead atoms. The van der Waals surface area contributed by atoms with Crippen LogP contribution >= 0.6 is 0 Å². The van der Waals surface area contributed by atoms with E-state index in [0.717, 1.165) is 12.3 Å². The van der Waals surface area contributed by atoms with Gasteiger partial charge in [-0.25, -0.2) is 4.99 Å². The number of carbonyl (C=O) groups excluding carboxylic acids is 1. The van der Waals surface area contributed by atoms with Crippen molar-refractivity contribution in [2.24, 2.45) is 4.99 Å². The van der Waals surface area contributed by atoms with Gasteiger partial charge in [-0.05, 0) is 31.2 Å². The summed E-state index contributed by atoms with van der Waals surface area (Å²) in [5, 5.41) is 9.02. The van der Waals surface area contributed by atoms with Crippen molar-refractivity contribution in [2.75, 3.05) is 19.6 Å². The number of amides is 1. The van der Waals surface area contributed by atoms with Crippen LogP contribution in [-0.2, 0) is 6.54 Å². The molecule has 0 saturated heterocycles. The average Bonchev–Trinajstić information content (AvgIpc) is 3.22. The highest BCUT2D eigenvalue weighted by Gasteiger charge is 2.06. The summed E-state index contributed by atoms with van der Waals surface area (Å²) < 4.78 is 10.2. The number of aliphatic imine (C=N–C) groups is 1. The first kappa shape index (κ1) is 15.7. The van der Waals surface area contributed by atoms with Gasteiger partial charge in [0.25, 0.3) is 5.91 Å². The maximum atomic E-state index is 11.7. The van der Waals surface area contributed by atoms with E-state index in [2.05, 4.69) is 20.9 Å². The largest absolute Gasteiger partial charge is 0.467 e. The number of furan rings is 2. The Kier molecular flexibility index (Phi) is 6.10. The topological polar surface area (TPSA) is 91.8 Å². The molecular formula is C15H20N4O3. The van der Waals surface area contributed by atoms with Crippen LogP contribution < -0.4 is 16.0 Å². The normalized spacial score (nSPS) is 11.2. The molecule has 0 saturated carbocycles. The third-order valence-electron chi connectivity index (χ3n) is 2.77. The second-order valence-electron chi connectivity index (χ2n) is 4.43. The van der Waals surface area contributed by atoms with Gasteiger partial charge in [0.1, 0.15) is 12.3 Å². The molecule has 0 unspecified atom stereocenters. The first-order chi connectivity index (χ1) is 10.8. The number of rotatable bonds is 7. The van der Waals surface area contributed by atoms with Crippen molar-refractivity contribution in [2.45, 2.75) is 13.5 Å². The third kappa shape index (κ3) is 5.01. The summed E-state index contributed by atoms with van der Waals surface area (Å²) in [5.74, 6) is 1.54. The molecule has 0 atom stereocenters. The molecule has 2 heterocycles. The van der Waals surface area contributed by atoms with Gasteiger partial charge >= 0.3 is 0 Å². The van der Waals surface area contributed by atoms with Crippen LogP contribution in [0.4, 0.5) is 0 Å². The Labute approximate surface area is 128 Å². The first-order valence-corrected chi connectivity index (χ1v) is 7.16. The number of hydrogen-bond acceptors (Lipinski definition) is 4. The highest BCUT2D eigenvalue weighted by atomic mass is 16.3. The summed E-state index contributed by atoms with van der Waals surface area (Å²) in [4.78, 5) is 16.1. The van der Waals surface area contributed by atoms with Crippen LogP contribution in [0.5, 0.6) is 0 Å². The van der Waals surface area contributed by atoms with Gasteiger partial charge in [-0.1, -0.05) is 0 Å². The Morgan fingerprint density at radius 1 is 1.09 bits per heavy atom. The van der Waals surface area contributed by atoms with Crippen LogP contribution in [-0.4, -0.2) is 31.5 Å². The minimum atomic E-state index is -0.232. The van der Waals surface area contributed by atoms with Crippen molar-refractivity contribution >= 4 is 11.9 Å². The molecular weight excluding hydrogens is 284 g/mol. The molecule has 0 aliphatic rings. The Morgan fingerprint density at radius 2 is 1.86 bits per heavy atom. The fraction of sp³-hybridized carbons (Fsp3) is 0.333. The molecule has 0 spiro atoms. The molecule has 1 amide bonds. The monoisotopic (exact) mass is 304 g/mol. The summed E-state index contributed by atoms with van der Waals surface area (Å²) >= 11 is 0. The minimum absolute atomic E-state index is 0.232. The van der Waals surface area contributed by atoms with E-state index in [9.17, 15) is 4.79 Å². The Balaban J connectivity index is 1.72. The average molecular weight is 304 g/mol. The summed E-state index contributed by atoms with van der Waals surface area (Å²) in [7, 11) is 0. The second-order valence-corrected chi connectivity index (χ2v) is 4.43. The maximum absolute atomic E-state index is 11.7. The van der Waals surface area contributed by atoms with E-state index in [0.29, 0.717) is 31.4 Å². The van der Waals surface area contributed by atoms with Crippen LogP contribution in [0.2, 0.25) is 0 Å². The van der Waals surface area contributed by atoms with Crippen LogP contribution in [0.3, 0.4) is 0 Å². The zero-order valence-corrected chi connectivity index (χ0v) is 12.5. The van der Waals surface area contributed by atoms with Crippen LogP contribution in [0, 0.1) is 0 Å². The molecule has 0 aliphatic heterocycles. The van der Waals surface area contributed by atoms with Crippen molar-refractivity contribution in [1.82, 2.24) is 16.0 Å². The third-order valence-corrected chi connectivity index (χ3v) is 2.77. The molecule has 2 aromatic heterocycles. The molecule has 2 aromatic rings. The maximum Gasteiger partial charge on any atom is 0.287 e. The first-order valence-electron chi connectivity index (χ1n) is 7.16. The number of carbonyl (C=O) groups is 1. The molecule has 0 aliphatic carbocycles. The van der Waals surface area contributed by atoms with Gasteiger partial charge in [0.2, 0.25) is 0 Å². The lowest BCUT2D eigenvalue weighted by molar-refractivity contribution is 0.0926. The van der Waals surface area contributed by atoms with E-state index in [1.165, 1.54) is 6.26 Å². The molecule has 7 heteroatoms. The zero-order chi connectivity index (χ0) is 15.6. The van der Waals surface area contributed by atoms with E-state index in [4.69, 9.17) is 8.83 Å². The Morgan fingerprint density at radius 3 is 2.55 bits per heavy atom. The SMILES string of the molecule is CCNC(=NCc1ccco1)NCCNC(=O)c1ccco1. The van der Waals surface area contributed by atoms with Gasteiger partial charge < -0.3 is 24.8 Å². The van der Waals surface area contributed by atoms with E-state index < -0.39 is 0 Å². The van der Waals surface area contributed by atoms with Crippen LogP contribution in [0.1, 0.15) is 23.2 Å². The van der Waals surface area contributed by atoms with Crippen molar-refractivity contribution in [1.29, 1.82) is 0 Å². The lowest BCUT2D eigenvalue weighted by atomic mass is 10.4.